The molecule has 0 saturated carbocycles. The predicted molar refractivity (Wildman–Crippen MR) is 81.3 cm³/mol. The van der Waals surface area contributed by atoms with Gasteiger partial charge >= 0.3 is 0 Å². The summed E-state index contributed by atoms with van der Waals surface area (Å²) in [6, 6.07) is 9.01. The molecule has 108 valence electrons. The maximum atomic E-state index is 9.12. The highest BCUT2D eigenvalue weighted by atomic mass is 16.3. The minimum absolute atomic E-state index is 0.250. The molecule has 0 amide bonds. The van der Waals surface area contributed by atoms with E-state index in [9.17, 15) is 0 Å². The summed E-state index contributed by atoms with van der Waals surface area (Å²) in [5.74, 6) is 0. The van der Waals surface area contributed by atoms with Crippen molar-refractivity contribution in [2.24, 2.45) is 0 Å². The molecule has 0 aliphatic rings. The highest BCUT2D eigenvalue weighted by Gasteiger charge is 2.10. The van der Waals surface area contributed by atoms with Crippen LogP contribution in [0.1, 0.15) is 30.9 Å². The van der Waals surface area contributed by atoms with Crippen LogP contribution in [0.15, 0.2) is 24.3 Å². The van der Waals surface area contributed by atoms with E-state index in [2.05, 4.69) is 55.4 Å². The molecule has 19 heavy (non-hydrogen) atoms. The Morgan fingerprint density at radius 2 is 2.16 bits per heavy atom. The first-order valence-electron chi connectivity index (χ1n) is 7.24. The van der Waals surface area contributed by atoms with Crippen molar-refractivity contribution in [3.8, 4) is 0 Å². The molecular weight excluding hydrogens is 236 g/mol. The highest BCUT2D eigenvalue weighted by molar-refractivity contribution is 5.21. The maximum absolute atomic E-state index is 9.12. The molecule has 1 atom stereocenters. The number of nitrogens with one attached hydrogen (secondary N) is 1. The van der Waals surface area contributed by atoms with Gasteiger partial charge in [0.25, 0.3) is 0 Å². The number of likely N-dealkylation sites (N-methyl/N-ethyl adjacent to an activating group) is 1. The molecular formula is C16H28N2O. The molecule has 0 bridgehead atoms. The fourth-order valence-electron chi connectivity index (χ4n) is 2.33. The molecule has 0 aliphatic carbocycles. The number of aliphatic hydroxyl groups is 1. The van der Waals surface area contributed by atoms with Gasteiger partial charge in [-0.2, -0.15) is 0 Å². The van der Waals surface area contributed by atoms with Gasteiger partial charge in [-0.3, -0.25) is 0 Å². The van der Waals surface area contributed by atoms with Crippen molar-refractivity contribution in [1.29, 1.82) is 0 Å². The van der Waals surface area contributed by atoms with Crippen LogP contribution in [-0.2, 0) is 6.54 Å². The molecule has 0 aliphatic heterocycles. The van der Waals surface area contributed by atoms with Gasteiger partial charge in [-0.05, 0) is 38.9 Å². The fraction of sp³-hybridized carbons (Fsp3) is 0.625. The summed E-state index contributed by atoms with van der Waals surface area (Å²) in [4.78, 5) is 2.32. The van der Waals surface area contributed by atoms with E-state index in [4.69, 9.17) is 5.11 Å². The van der Waals surface area contributed by atoms with Crippen LogP contribution < -0.4 is 5.32 Å². The van der Waals surface area contributed by atoms with E-state index in [1.165, 1.54) is 11.1 Å². The van der Waals surface area contributed by atoms with Crippen molar-refractivity contribution < 1.29 is 5.11 Å². The molecule has 0 fully saturated rings. The lowest BCUT2D eigenvalue weighted by Crippen LogP contribution is -2.40. The summed E-state index contributed by atoms with van der Waals surface area (Å²) in [5, 5.41) is 12.6. The van der Waals surface area contributed by atoms with Gasteiger partial charge in [0.15, 0.2) is 0 Å². The third kappa shape index (κ3) is 6.71. The molecule has 1 unspecified atom stereocenters. The molecule has 1 aromatic carbocycles. The number of aliphatic hydroxyl groups excluding tert-OH is 1. The van der Waals surface area contributed by atoms with Crippen molar-refractivity contribution in [1.82, 2.24) is 10.2 Å². The van der Waals surface area contributed by atoms with Gasteiger partial charge in [0.05, 0.1) is 0 Å². The number of aryl methyl sites for hydroxylation is 1. The van der Waals surface area contributed by atoms with Gasteiger partial charge in [0.1, 0.15) is 0 Å². The van der Waals surface area contributed by atoms with Crippen molar-refractivity contribution in [2.75, 3.05) is 26.7 Å². The van der Waals surface area contributed by atoms with Gasteiger partial charge in [-0.25, -0.2) is 0 Å². The largest absolute Gasteiger partial charge is 0.396 e. The number of hydrogen-bond donors (Lipinski definition) is 2. The second kappa shape index (κ2) is 9.08. The first-order valence-corrected chi connectivity index (χ1v) is 7.24. The first kappa shape index (κ1) is 16.2. The van der Waals surface area contributed by atoms with Crippen LogP contribution in [0.5, 0.6) is 0 Å². The van der Waals surface area contributed by atoms with E-state index in [0.717, 1.165) is 32.5 Å². The second-order valence-electron chi connectivity index (χ2n) is 5.35. The molecule has 0 aromatic heterocycles. The third-order valence-corrected chi connectivity index (χ3v) is 3.23. The molecule has 1 rings (SSSR count). The quantitative estimate of drug-likeness (QED) is 0.717. The van der Waals surface area contributed by atoms with Gasteiger partial charge in [0, 0.05) is 25.7 Å². The Morgan fingerprint density at radius 3 is 2.79 bits per heavy atom. The molecule has 1 aromatic rings. The number of hydrogen-bond acceptors (Lipinski definition) is 3. The summed E-state index contributed by atoms with van der Waals surface area (Å²) in [5.41, 5.74) is 2.66. The van der Waals surface area contributed by atoms with Crippen molar-refractivity contribution in [3.05, 3.63) is 35.4 Å². The lowest BCUT2D eigenvalue weighted by Gasteiger charge is -2.24. The Balaban J connectivity index is 2.44. The minimum atomic E-state index is 0.250. The zero-order valence-electron chi connectivity index (χ0n) is 12.5. The van der Waals surface area contributed by atoms with Crippen LogP contribution in [0.25, 0.3) is 0 Å². The van der Waals surface area contributed by atoms with Crippen LogP contribution in [0, 0.1) is 6.92 Å². The topological polar surface area (TPSA) is 35.5 Å². The van der Waals surface area contributed by atoms with Crippen LogP contribution in [0.2, 0.25) is 0 Å². The third-order valence-electron chi connectivity index (χ3n) is 3.23. The van der Waals surface area contributed by atoms with Gasteiger partial charge in [-0.15, -0.1) is 0 Å². The van der Waals surface area contributed by atoms with Crippen molar-refractivity contribution in [3.63, 3.8) is 0 Å². The Kier molecular flexibility index (Phi) is 7.72. The molecule has 3 heteroatoms. The lowest BCUT2D eigenvalue weighted by atomic mass is 10.1. The lowest BCUT2D eigenvalue weighted by molar-refractivity contribution is 0.226. The van der Waals surface area contributed by atoms with Crippen molar-refractivity contribution >= 4 is 0 Å². The smallest absolute Gasteiger partial charge is 0.0446 e. The average molecular weight is 264 g/mol. The molecule has 0 saturated heterocycles. The van der Waals surface area contributed by atoms with Crippen LogP contribution >= 0.6 is 0 Å². The van der Waals surface area contributed by atoms with Crippen molar-refractivity contribution in [2.45, 2.75) is 39.3 Å². The van der Waals surface area contributed by atoms with E-state index in [0.29, 0.717) is 6.04 Å². The summed E-state index contributed by atoms with van der Waals surface area (Å²) in [6.45, 7) is 7.48. The van der Waals surface area contributed by atoms with Crippen LogP contribution in [0.3, 0.4) is 0 Å². The molecule has 2 N–H and O–H groups in total. The van der Waals surface area contributed by atoms with E-state index >= 15 is 0 Å². The SMILES string of the molecule is CCCNC(CCO)CN(C)Cc1cccc(C)c1. The molecule has 0 heterocycles. The maximum Gasteiger partial charge on any atom is 0.0446 e. The predicted octanol–water partition coefficient (Wildman–Crippen LogP) is 2.18. The highest BCUT2D eigenvalue weighted by Crippen LogP contribution is 2.07. The van der Waals surface area contributed by atoms with Crippen LogP contribution in [0.4, 0.5) is 0 Å². The van der Waals surface area contributed by atoms with E-state index in [1.807, 2.05) is 0 Å². The standard InChI is InChI=1S/C16H28N2O/c1-4-9-17-16(8-10-19)13-18(3)12-15-7-5-6-14(2)11-15/h5-7,11,16-17,19H,4,8-10,12-13H2,1-3H3. The zero-order valence-corrected chi connectivity index (χ0v) is 12.5. The van der Waals surface area contributed by atoms with E-state index in [1.54, 1.807) is 0 Å². The van der Waals surface area contributed by atoms with E-state index in [-0.39, 0.29) is 6.61 Å². The van der Waals surface area contributed by atoms with Gasteiger partial charge in [-0.1, -0.05) is 36.8 Å². The number of benzene rings is 1. The molecule has 0 radical (unpaired) electrons. The average Bonchev–Trinajstić information content (AvgIpc) is 2.36. The first-order chi connectivity index (χ1) is 9.15. The number of nitrogens with zero attached hydrogens (tertiary/aromatic N) is 1. The Labute approximate surface area is 117 Å². The summed E-state index contributed by atoms with van der Waals surface area (Å²) < 4.78 is 0. The summed E-state index contributed by atoms with van der Waals surface area (Å²) >= 11 is 0. The zero-order chi connectivity index (χ0) is 14.1. The molecule has 3 nitrogen and oxygen atoms in total. The molecule has 0 spiro atoms. The van der Waals surface area contributed by atoms with Gasteiger partial charge < -0.3 is 15.3 Å². The van der Waals surface area contributed by atoms with Crippen LogP contribution in [-0.4, -0.2) is 42.8 Å². The second-order valence-corrected chi connectivity index (χ2v) is 5.35. The fourth-order valence-corrected chi connectivity index (χ4v) is 2.33. The Hall–Kier alpha value is -0.900. The minimum Gasteiger partial charge on any atom is -0.396 e. The van der Waals surface area contributed by atoms with E-state index < -0.39 is 0 Å². The Bertz CT molecular complexity index is 354. The monoisotopic (exact) mass is 264 g/mol. The summed E-state index contributed by atoms with van der Waals surface area (Å²) in [6.07, 6.45) is 1.95. The summed E-state index contributed by atoms with van der Waals surface area (Å²) in [7, 11) is 2.14. The normalized spacial score (nSPS) is 12.9. The van der Waals surface area contributed by atoms with Gasteiger partial charge in [0.2, 0.25) is 0 Å². The number of rotatable bonds is 9. The Morgan fingerprint density at radius 1 is 1.37 bits per heavy atom.